The van der Waals surface area contributed by atoms with Crippen molar-refractivity contribution in [2.24, 2.45) is 16.9 Å². The quantitative estimate of drug-likeness (QED) is 0.528. The standard InChI is InChI=1S/C10H18N2O/c1-8-6-9(8)7-11-12-10-2-4-13-5-3-10/h7-10,12H,2-6H2,1H3/b11-7+. The monoisotopic (exact) mass is 182 g/mol. The van der Waals surface area contributed by atoms with Crippen molar-refractivity contribution in [1.29, 1.82) is 0 Å². The largest absolute Gasteiger partial charge is 0.381 e. The van der Waals surface area contributed by atoms with Crippen molar-refractivity contribution in [1.82, 2.24) is 5.43 Å². The van der Waals surface area contributed by atoms with Crippen molar-refractivity contribution in [2.45, 2.75) is 32.2 Å². The molecule has 2 fully saturated rings. The van der Waals surface area contributed by atoms with Crippen LogP contribution in [0.25, 0.3) is 0 Å². The molecule has 1 aliphatic carbocycles. The summed E-state index contributed by atoms with van der Waals surface area (Å²) < 4.78 is 5.26. The van der Waals surface area contributed by atoms with E-state index in [4.69, 9.17) is 4.74 Å². The highest BCUT2D eigenvalue weighted by atomic mass is 16.5. The molecular weight excluding hydrogens is 164 g/mol. The summed E-state index contributed by atoms with van der Waals surface area (Å²) in [6, 6.07) is 0.541. The molecule has 74 valence electrons. The Morgan fingerprint density at radius 3 is 2.69 bits per heavy atom. The summed E-state index contributed by atoms with van der Waals surface area (Å²) in [4.78, 5) is 0. The highest BCUT2D eigenvalue weighted by Crippen LogP contribution is 2.35. The fraction of sp³-hybridized carbons (Fsp3) is 0.900. The average molecular weight is 182 g/mol. The Hall–Kier alpha value is -0.570. The van der Waals surface area contributed by atoms with Crippen molar-refractivity contribution in [2.75, 3.05) is 13.2 Å². The summed E-state index contributed by atoms with van der Waals surface area (Å²) in [6.07, 6.45) is 5.58. The zero-order chi connectivity index (χ0) is 9.10. The molecular formula is C10H18N2O. The summed E-state index contributed by atoms with van der Waals surface area (Å²) in [7, 11) is 0. The third-order valence-electron chi connectivity index (χ3n) is 2.92. The molecule has 0 aromatic rings. The molecule has 0 radical (unpaired) electrons. The number of nitrogens with one attached hydrogen (secondary N) is 1. The van der Waals surface area contributed by atoms with E-state index in [9.17, 15) is 0 Å². The van der Waals surface area contributed by atoms with Gasteiger partial charge in [-0.3, -0.25) is 0 Å². The van der Waals surface area contributed by atoms with Crippen LogP contribution in [0.1, 0.15) is 26.2 Å². The SMILES string of the molecule is CC1CC1/C=N/NC1CCOCC1. The first-order valence-corrected chi connectivity index (χ1v) is 5.22. The van der Waals surface area contributed by atoms with E-state index in [1.807, 2.05) is 0 Å². The summed E-state index contributed by atoms with van der Waals surface area (Å²) in [6.45, 7) is 4.03. The first kappa shape index (κ1) is 9.00. The predicted molar refractivity (Wildman–Crippen MR) is 52.7 cm³/mol. The van der Waals surface area contributed by atoms with Crippen molar-refractivity contribution in [3.63, 3.8) is 0 Å². The zero-order valence-electron chi connectivity index (χ0n) is 8.20. The molecule has 2 rings (SSSR count). The van der Waals surface area contributed by atoms with E-state index in [0.29, 0.717) is 6.04 Å². The Morgan fingerprint density at radius 2 is 2.08 bits per heavy atom. The van der Waals surface area contributed by atoms with Gasteiger partial charge in [0.1, 0.15) is 0 Å². The second-order valence-electron chi connectivity index (χ2n) is 4.17. The van der Waals surface area contributed by atoms with Gasteiger partial charge in [-0.05, 0) is 31.1 Å². The van der Waals surface area contributed by atoms with E-state index in [0.717, 1.165) is 37.9 Å². The summed E-state index contributed by atoms with van der Waals surface area (Å²) in [5.74, 6) is 1.60. The maximum Gasteiger partial charge on any atom is 0.0486 e. The lowest BCUT2D eigenvalue weighted by atomic mass is 10.1. The lowest BCUT2D eigenvalue weighted by Crippen LogP contribution is -2.31. The highest BCUT2D eigenvalue weighted by molar-refractivity contribution is 5.64. The van der Waals surface area contributed by atoms with Gasteiger partial charge in [-0.2, -0.15) is 5.10 Å². The van der Waals surface area contributed by atoms with Crippen molar-refractivity contribution in [3.8, 4) is 0 Å². The van der Waals surface area contributed by atoms with Crippen LogP contribution in [0, 0.1) is 11.8 Å². The van der Waals surface area contributed by atoms with Crippen LogP contribution >= 0.6 is 0 Å². The van der Waals surface area contributed by atoms with Gasteiger partial charge in [-0.25, -0.2) is 0 Å². The van der Waals surface area contributed by atoms with E-state index in [2.05, 4.69) is 23.7 Å². The molecule has 0 amide bonds. The molecule has 2 unspecified atom stereocenters. The fourth-order valence-corrected chi connectivity index (χ4v) is 1.63. The van der Waals surface area contributed by atoms with Gasteiger partial charge in [0.2, 0.25) is 0 Å². The molecule has 1 N–H and O–H groups in total. The molecule has 2 atom stereocenters. The van der Waals surface area contributed by atoms with Gasteiger partial charge < -0.3 is 10.2 Å². The van der Waals surface area contributed by atoms with Gasteiger partial charge in [0.15, 0.2) is 0 Å². The van der Waals surface area contributed by atoms with Crippen LogP contribution in [0.3, 0.4) is 0 Å². The second-order valence-corrected chi connectivity index (χ2v) is 4.17. The van der Waals surface area contributed by atoms with Crippen LogP contribution in [0.15, 0.2) is 5.10 Å². The third kappa shape index (κ3) is 2.69. The van der Waals surface area contributed by atoms with Gasteiger partial charge in [0.05, 0.1) is 0 Å². The number of ether oxygens (including phenoxy) is 1. The smallest absolute Gasteiger partial charge is 0.0486 e. The average Bonchev–Trinajstić information content (AvgIpc) is 2.84. The van der Waals surface area contributed by atoms with Crippen LogP contribution in [0.2, 0.25) is 0 Å². The zero-order valence-corrected chi connectivity index (χ0v) is 8.20. The third-order valence-corrected chi connectivity index (χ3v) is 2.92. The summed E-state index contributed by atoms with van der Waals surface area (Å²) in [5.41, 5.74) is 3.20. The lowest BCUT2D eigenvalue weighted by molar-refractivity contribution is 0.0784. The number of hydrogen-bond donors (Lipinski definition) is 1. The minimum atomic E-state index is 0.541. The second kappa shape index (κ2) is 4.09. The van der Waals surface area contributed by atoms with E-state index < -0.39 is 0 Å². The van der Waals surface area contributed by atoms with Gasteiger partial charge in [-0.15, -0.1) is 0 Å². The molecule has 1 saturated carbocycles. The van der Waals surface area contributed by atoms with E-state index in [1.54, 1.807) is 0 Å². The Labute approximate surface area is 79.5 Å². The highest BCUT2D eigenvalue weighted by Gasteiger charge is 2.30. The van der Waals surface area contributed by atoms with Crippen LogP contribution in [0.4, 0.5) is 0 Å². The number of nitrogens with zero attached hydrogens (tertiary/aromatic N) is 1. The van der Waals surface area contributed by atoms with Gasteiger partial charge in [-0.1, -0.05) is 6.92 Å². The number of hydrogen-bond acceptors (Lipinski definition) is 3. The summed E-state index contributed by atoms with van der Waals surface area (Å²) in [5, 5.41) is 4.28. The van der Waals surface area contributed by atoms with Crippen molar-refractivity contribution < 1.29 is 4.74 Å². The molecule has 1 heterocycles. The predicted octanol–water partition coefficient (Wildman–Crippen LogP) is 1.40. The minimum Gasteiger partial charge on any atom is -0.381 e. The molecule has 3 heteroatoms. The molecule has 3 nitrogen and oxygen atoms in total. The normalized spacial score (nSPS) is 35.2. The van der Waals surface area contributed by atoms with E-state index >= 15 is 0 Å². The maximum atomic E-state index is 5.26. The van der Waals surface area contributed by atoms with Crippen molar-refractivity contribution in [3.05, 3.63) is 0 Å². The molecule has 0 spiro atoms. The van der Waals surface area contributed by atoms with E-state index in [-0.39, 0.29) is 0 Å². The molecule has 0 aromatic heterocycles. The van der Waals surface area contributed by atoms with Crippen LogP contribution < -0.4 is 5.43 Å². The molecule has 13 heavy (non-hydrogen) atoms. The molecule has 1 aliphatic heterocycles. The van der Waals surface area contributed by atoms with E-state index in [1.165, 1.54) is 6.42 Å². The van der Waals surface area contributed by atoms with Crippen LogP contribution in [0.5, 0.6) is 0 Å². The van der Waals surface area contributed by atoms with Crippen molar-refractivity contribution >= 4 is 6.21 Å². The Bertz CT molecular complexity index is 187. The molecule has 0 bridgehead atoms. The van der Waals surface area contributed by atoms with Crippen LogP contribution in [-0.2, 0) is 4.74 Å². The molecule has 2 aliphatic rings. The lowest BCUT2D eigenvalue weighted by Gasteiger charge is -2.21. The number of rotatable bonds is 3. The topological polar surface area (TPSA) is 33.6 Å². The first-order valence-electron chi connectivity index (χ1n) is 5.22. The van der Waals surface area contributed by atoms with Gasteiger partial charge >= 0.3 is 0 Å². The van der Waals surface area contributed by atoms with Gasteiger partial charge in [0.25, 0.3) is 0 Å². The summed E-state index contributed by atoms with van der Waals surface area (Å²) >= 11 is 0. The van der Waals surface area contributed by atoms with Gasteiger partial charge in [0, 0.05) is 25.5 Å². The Balaban J connectivity index is 1.63. The maximum absolute atomic E-state index is 5.26. The Kier molecular flexibility index (Phi) is 2.83. The minimum absolute atomic E-state index is 0.541. The molecule has 1 saturated heterocycles. The molecule has 0 aromatic carbocycles. The number of hydrazone groups is 1. The van der Waals surface area contributed by atoms with Crippen LogP contribution in [-0.4, -0.2) is 25.5 Å². The fourth-order valence-electron chi connectivity index (χ4n) is 1.63. The first-order chi connectivity index (χ1) is 6.36. The Morgan fingerprint density at radius 1 is 1.38 bits per heavy atom.